The summed E-state index contributed by atoms with van der Waals surface area (Å²) in [5.74, 6) is -0.312. The topological polar surface area (TPSA) is 39.4 Å². The van der Waals surface area contributed by atoms with Crippen LogP contribution in [0.4, 0.5) is 0 Å². The van der Waals surface area contributed by atoms with Gasteiger partial charge in [0.15, 0.2) is 5.58 Å². The van der Waals surface area contributed by atoms with Crippen molar-refractivity contribution in [1.29, 1.82) is 0 Å². The molecule has 0 spiro atoms. The summed E-state index contributed by atoms with van der Waals surface area (Å²) < 4.78 is 10.7. The molecule has 0 unspecified atom stereocenters. The maximum atomic E-state index is 10.9. The highest BCUT2D eigenvalue weighted by molar-refractivity contribution is 6.35. The molecule has 3 rings (SSSR count). The molecule has 0 fully saturated rings. The molecule has 96 valence electrons. The predicted octanol–water partition coefficient (Wildman–Crippen LogP) is 4.30. The second kappa shape index (κ2) is 4.59. The van der Waals surface area contributed by atoms with Gasteiger partial charge in [-0.15, -0.1) is 0 Å². The van der Waals surface area contributed by atoms with E-state index in [1.807, 2.05) is 30.3 Å². The number of carbonyl (C=O) groups excluding carboxylic acids is 1. The minimum Gasteiger partial charge on any atom is -0.461 e. The molecule has 1 aromatic heterocycles. The van der Waals surface area contributed by atoms with E-state index in [2.05, 4.69) is 0 Å². The van der Waals surface area contributed by atoms with Crippen LogP contribution in [0.25, 0.3) is 21.9 Å². The zero-order chi connectivity index (χ0) is 13.4. The Morgan fingerprint density at radius 2 is 2.05 bits per heavy atom. The van der Waals surface area contributed by atoms with Gasteiger partial charge in [-0.1, -0.05) is 29.8 Å². The van der Waals surface area contributed by atoms with Crippen molar-refractivity contribution in [2.75, 3.05) is 0 Å². The average Bonchev–Trinajstić information content (AvgIpc) is 2.76. The molecule has 3 aromatic rings. The Morgan fingerprint density at radius 3 is 2.84 bits per heavy atom. The van der Waals surface area contributed by atoms with Crippen molar-refractivity contribution in [1.82, 2.24) is 0 Å². The number of rotatable bonds is 2. The summed E-state index contributed by atoms with van der Waals surface area (Å²) in [6.07, 6.45) is 0. The summed E-state index contributed by atoms with van der Waals surface area (Å²) in [5, 5.41) is 2.46. The van der Waals surface area contributed by atoms with Crippen LogP contribution in [0.1, 0.15) is 12.5 Å². The number of benzene rings is 2. The van der Waals surface area contributed by atoms with Crippen LogP contribution < -0.4 is 0 Å². The Hall–Kier alpha value is -2.00. The summed E-state index contributed by atoms with van der Waals surface area (Å²) in [6, 6.07) is 11.4. The Labute approximate surface area is 114 Å². The molecule has 0 aliphatic rings. The van der Waals surface area contributed by atoms with E-state index in [1.165, 1.54) is 6.92 Å². The maximum Gasteiger partial charge on any atom is 0.302 e. The lowest BCUT2D eigenvalue weighted by Crippen LogP contribution is -1.98. The lowest BCUT2D eigenvalue weighted by molar-refractivity contribution is -0.142. The average molecular weight is 275 g/mol. The fourth-order valence-electron chi connectivity index (χ4n) is 2.11. The predicted molar refractivity (Wildman–Crippen MR) is 74.2 cm³/mol. The van der Waals surface area contributed by atoms with Crippen LogP contribution in [0.5, 0.6) is 0 Å². The fourth-order valence-corrected chi connectivity index (χ4v) is 2.39. The molecule has 0 atom stereocenters. The van der Waals surface area contributed by atoms with Crippen molar-refractivity contribution in [2.24, 2.45) is 0 Å². The monoisotopic (exact) mass is 274 g/mol. The second-order valence-electron chi connectivity index (χ2n) is 4.33. The number of hydrogen-bond donors (Lipinski definition) is 0. The standard InChI is InChI=1S/C15H11ClO3/c1-9(17)18-8-10-6-12-11-4-2-3-5-14(11)19-15(12)13(16)7-10/h2-7H,8H2,1H3. The van der Waals surface area contributed by atoms with Gasteiger partial charge in [0.25, 0.3) is 0 Å². The first kappa shape index (κ1) is 12.1. The molecule has 0 saturated heterocycles. The van der Waals surface area contributed by atoms with Gasteiger partial charge in [-0.25, -0.2) is 0 Å². The molecule has 19 heavy (non-hydrogen) atoms. The third kappa shape index (κ3) is 2.17. The zero-order valence-electron chi connectivity index (χ0n) is 10.3. The van der Waals surface area contributed by atoms with Gasteiger partial charge in [-0.2, -0.15) is 0 Å². The molecule has 0 amide bonds. The third-order valence-corrected chi connectivity index (χ3v) is 3.22. The van der Waals surface area contributed by atoms with Crippen LogP contribution in [0, 0.1) is 0 Å². The first-order valence-electron chi connectivity index (χ1n) is 5.88. The van der Waals surface area contributed by atoms with Crippen LogP contribution in [0.15, 0.2) is 40.8 Å². The molecule has 4 heteroatoms. The Bertz CT molecular complexity index is 774. The maximum absolute atomic E-state index is 10.9. The highest BCUT2D eigenvalue weighted by Crippen LogP contribution is 2.34. The fraction of sp³-hybridized carbons (Fsp3) is 0.133. The number of hydrogen-bond acceptors (Lipinski definition) is 3. The van der Waals surface area contributed by atoms with Crippen LogP contribution in [-0.4, -0.2) is 5.97 Å². The van der Waals surface area contributed by atoms with E-state index < -0.39 is 0 Å². The third-order valence-electron chi connectivity index (χ3n) is 2.93. The highest BCUT2D eigenvalue weighted by Gasteiger charge is 2.11. The van der Waals surface area contributed by atoms with E-state index in [0.29, 0.717) is 10.6 Å². The highest BCUT2D eigenvalue weighted by atomic mass is 35.5. The number of halogens is 1. The Kier molecular flexibility index (Phi) is 2.91. The summed E-state index contributed by atoms with van der Waals surface area (Å²) >= 11 is 6.21. The summed E-state index contributed by atoms with van der Waals surface area (Å²) in [7, 11) is 0. The minimum absolute atomic E-state index is 0.213. The Balaban J connectivity index is 2.17. The molecule has 0 aliphatic carbocycles. The SMILES string of the molecule is CC(=O)OCc1cc(Cl)c2oc3ccccc3c2c1. The molecule has 0 radical (unpaired) electrons. The van der Waals surface area contributed by atoms with Crippen LogP contribution in [-0.2, 0) is 16.1 Å². The molecule has 0 aliphatic heterocycles. The lowest BCUT2D eigenvalue weighted by atomic mass is 10.1. The van der Waals surface area contributed by atoms with Crippen molar-refractivity contribution in [3.8, 4) is 0 Å². The summed E-state index contributed by atoms with van der Waals surface area (Å²) in [6.45, 7) is 1.60. The van der Waals surface area contributed by atoms with E-state index in [4.69, 9.17) is 20.8 Å². The first-order chi connectivity index (χ1) is 9.15. The second-order valence-corrected chi connectivity index (χ2v) is 4.74. The molecular formula is C15H11ClO3. The van der Waals surface area contributed by atoms with Gasteiger partial charge in [0.1, 0.15) is 12.2 Å². The molecule has 2 aromatic carbocycles. The van der Waals surface area contributed by atoms with E-state index >= 15 is 0 Å². The quantitative estimate of drug-likeness (QED) is 0.654. The Morgan fingerprint density at radius 1 is 1.26 bits per heavy atom. The largest absolute Gasteiger partial charge is 0.461 e. The van der Waals surface area contributed by atoms with Gasteiger partial charge >= 0.3 is 5.97 Å². The zero-order valence-corrected chi connectivity index (χ0v) is 11.0. The van der Waals surface area contributed by atoms with Crippen LogP contribution >= 0.6 is 11.6 Å². The molecule has 0 N–H and O–H groups in total. The number of para-hydroxylation sites is 1. The number of ether oxygens (including phenoxy) is 1. The minimum atomic E-state index is -0.312. The van der Waals surface area contributed by atoms with Crippen molar-refractivity contribution in [2.45, 2.75) is 13.5 Å². The van der Waals surface area contributed by atoms with Gasteiger partial charge in [-0.3, -0.25) is 4.79 Å². The molecular weight excluding hydrogens is 264 g/mol. The van der Waals surface area contributed by atoms with E-state index in [-0.39, 0.29) is 12.6 Å². The van der Waals surface area contributed by atoms with E-state index in [0.717, 1.165) is 21.9 Å². The van der Waals surface area contributed by atoms with Crippen LogP contribution in [0.2, 0.25) is 5.02 Å². The smallest absolute Gasteiger partial charge is 0.302 e. The normalized spacial score (nSPS) is 11.1. The molecule has 3 nitrogen and oxygen atoms in total. The first-order valence-corrected chi connectivity index (χ1v) is 6.26. The molecule has 1 heterocycles. The molecule has 0 bridgehead atoms. The van der Waals surface area contributed by atoms with Gasteiger partial charge in [0.05, 0.1) is 5.02 Å². The number of fused-ring (bicyclic) bond motifs is 3. The summed E-state index contributed by atoms with van der Waals surface area (Å²) in [5.41, 5.74) is 2.30. The van der Waals surface area contributed by atoms with Crippen molar-refractivity contribution < 1.29 is 13.9 Å². The summed E-state index contributed by atoms with van der Waals surface area (Å²) in [4.78, 5) is 10.9. The van der Waals surface area contributed by atoms with Crippen molar-refractivity contribution >= 4 is 39.5 Å². The number of esters is 1. The number of furan rings is 1. The van der Waals surface area contributed by atoms with Crippen molar-refractivity contribution in [3.63, 3.8) is 0 Å². The van der Waals surface area contributed by atoms with Crippen molar-refractivity contribution in [3.05, 3.63) is 47.0 Å². The molecule has 0 saturated carbocycles. The van der Waals surface area contributed by atoms with Gasteiger partial charge < -0.3 is 9.15 Å². The van der Waals surface area contributed by atoms with Gasteiger partial charge in [0.2, 0.25) is 0 Å². The number of carbonyl (C=O) groups is 1. The van der Waals surface area contributed by atoms with Crippen LogP contribution in [0.3, 0.4) is 0 Å². The van der Waals surface area contributed by atoms with Gasteiger partial charge in [0, 0.05) is 17.7 Å². The van der Waals surface area contributed by atoms with Gasteiger partial charge in [-0.05, 0) is 23.8 Å². The van der Waals surface area contributed by atoms with E-state index in [1.54, 1.807) is 6.07 Å². The lowest BCUT2D eigenvalue weighted by Gasteiger charge is -2.03. The van der Waals surface area contributed by atoms with E-state index in [9.17, 15) is 4.79 Å².